The second kappa shape index (κ2) is 5.78. The quantitative estimate of drug-likeness (QED) is 0.916. The van der Waals surface area contributed by atoms with Gasteiger partial charge in [-0.05, 0) is 43.0 Å². The van der Waals surface area contributed by atoms with E-state index in [0.29, 0.717) is 18.7 Å². The first kappa shape index (κ1) is 14.9. The van der Waals surface area contributed by atoms with Crippen molar-refractivity contribution in [3.05, 3.63) is 54.2 Å². The fourth-order valence-electron chi connectivity index (χ4n) is 3.78. The molecule has 2 aromatic rings. The Kier molecular flexibility index (Phi) is 3.59. The van der Waals surface area contributed by atoms with Gasteiger partial charge >= 0.3 is 0 Å². The van der Waals surface area contributed by atoms with Crippen LogP contribution >= 0.6 is 0 Å². The third kappa shape index (κ3) is 2.58. The molecule has 124 valence electrons. The highest BCUT2D eigenvalue weighted by molar-refractivity contribution is 5.94. The number of hydrogen-bond donors (Lipinski definition) is 1. The Morgan fingerprint density at radius 2 is 2.00 bits per heavy atom. The predicted octanol–water partition coefficient (Wildman–Crippen LogP) is 1.95. The summed E-state index contributed by atoms with van der Waals surface area (Å²) in [6.45, 7) is 1.29. The number of rotatable bonds is 2. The van der Waals surface area contributed by atoms with Crippen LogP contribution in [-0.4, -0.2) is 40.3 Å². The molecule has 24 heavy (non-hydrogen) atoms. The molecule has 2 aliphatic rings. The van der Waals surface area contributed by atoms with Crippen LogP contribution < -0.4 is 5.32 Å². The number of furan rings is 1. The van der Waals surface area contributed by atoms with E-state index in [1.54, 1.807) is 18.5 Å². The SMILES string of the molecule is O=C1NC2(CCN(C(=O)c3ccoc3)CC2)C[C@H]1c1ccncc1. The number of likely N-dealkylation sites (tertiary alicyclic amines) is 1. The molecule has 1 N–H and O–H groups in total. The lowest BCUT2D eigenvalue weighted by Crippen LogP contribution is -2.52. The number of hydrogen-bond acceptors (Lipinski definition) is 4. The highest BCUT2D eigenvalue weighted by atomic mass is 16.3. The summed E-state index contributed by atoms with van der Waals surface area (Å²) in [6, 6.07) is 5.49. The molecule has 2 aromatic heterocycles. The van der Waals surface area contributed by atoms with Gasteiger partial charge in [-0.15, -0.1) is 0 Å². The molecule has 1 atom stereocenters. The number of nitrogens with one attached hydrogen (secondary N) is 1. The number of pyridine rings is 1. The largest absolute Gasteiger partial charge is 0.472 e. The van der Waals surface area contributed by atoms with Crippen LogP contribution in [0.2, 0.25) is 0 Å². The topological polar surface area (TPSA) is 75.4 Å². The first-order valence-corrected chi connectivity index (χ1v) is 8.20. The predicted molar refractivity (Wildman–Crippen MR) is 86.3 cm³/mol. The molecule has 6 heteroatoms. The maximum Gasteiger partial charge on any atom is 0.257 e. The molecule has 1 spiro atoms. The monoisotopic (exact) mass is 325 g/mol. The number of carbonyl (C=O) groups is 2. The van der Waals surface area contributed by atoms with Gasteiger partial charge in [0.25, 0.3) is 5.91 Å². The molecule has 0 bridgehead atoms. The third-order valence-electron chi connectivity index (χ3n) is 5.18. The van der Waals surface area contributed by atoms with Gasteiger partial charge in [0.2, 0.25) is 5.91 Å². The standard InChI is InChI=1S/C18H19N3O3/c22-16-15(13-1-6-19-7-2-13)11-18(20-16)4-8-21(9-5-18)17(23)14-3-10-24-12-14/h1-3,6-7,10,12,15H,4-5,8-9,11H2,(H,20,22)/t15-/m0/s1. The highest BCUT2D eigenvalue weighted by Gasteiger charge is 2.46. The summed E-state index contributed by atoms with van der Waals surface area (Å²) in [5.74, 6) is -0.0476. The Bertz CT molecular complexity index is 734. The number of aromatic nitrogens is 1. The minimum absolute atomic E-state index is 0.00592. The maximum atomic E-state index is 12.4. The highest BCUT2D eigenvalue weighted by Crippen LogP contribution is 2.39. The lowest BCUT2D eigenvalue weighted by Gasteiger charge is -2.39. The first-order valence-electron chi connectivity index (χ1n) is 8.20. The Hall–Kier alpha value is -2.63. The van der Waals surface area contributed by atoms with E-state index in [1.165, 1.54) is 12.5 Å². The molecule has 2 aliphatic heterocycles. The third-order valence-corrected chi connectivity index (χ3v) is 5.18. The van der Waals surface area contributed by atoms with Crippen LogP contribution in [-0.2, 0) is 4.79 Å². The van der Waals surface area contributed by atoms with Crippen molar-refractivity contribution >= 4 is 11.8 Å². The van der Waals surface area contributed by atoms with Crippen LogP contribution in [0.4, 0.5) is 0 Å². The van der Waals surface area contributed by atoms with Gasteiger partial charge in [-0.25, -0.2) is 0 Å². The second-order valence-electron chi connectivity index (χ2n) is 6.61. The van der Waals surface area contributed by atoms with Crippen molar-refractivity contribution in [3.63, 3.8) is 0 Å². The minimum atomic E-state index is -0.196. The van der Waals surface area contributed by atoms with E-state index in [1.807, 2.05) is 17.0 Å². The van der Waals surface area contributed by atoms with E-state index in [0.717, 1.165) is 24.8 Å². The molecular formula is C18H19N3O3. The summed E-state index contributed by atoms with van der Waals surface area (Å²) in [5, 5.41) is 3.20. The zero-order valence-corrected chi connectivity index (χ0v) is 13.3. The summed E-state index contributed by atoms with van der Waals surface area (Å²) in [4.78, 5) is 30.7. The van der Waals surface area contributed by atoms with Crippen LogP contribution in [0.3, 0.4) is 0 Å². The molecule has 4 rings (SSSR count). The Morgan fingerprint density at radius 1 is 1.25 bits per heavy atom. The number of carbonyl (C=O) groups excluding carboxylic acids is 2. The average Bonchev–Trinajstić information content (AvgIpc) is 3.25. The van der Waals surface area contributed by atoms with Gasteiger partial charge in [-0.2, -0.15) is 0 Å². The van der Waals surface area contributed by atoms with Crippen molar-refractivity contribution in [2.75, 3.05) is 13.1 Å². The van der Waals surface area contributed by atoms with Crippen molar-refractivity contribution in [2.24, 2.45) is 0 Å². The van der Waals surface area contributed by atoms with E-state index >= 15 is 0 Å². The first-order chi connectivity index (χ1) is 11.7. The molecule has 2 amide bonds. The lowest BCUT2D eigenvalue weighted by atomic mass is 9.82. The van der Waals surface area contributed by atoms with Crippen LogP contribution in [0.25, 0.3) is 0 Å². The number of piperidine rings is 1. The molecule has 2 fully saturated rings. The molecule has 0 radical (unpaired) electrons. The second-order valence-corrected chi connectivity index (χ2v) is 6.61. The number of amides is 2. The van der Waals surface area contributed by atoms with Gasteiger partial charge in [0.15, 0.2) is 0 Å². The minimum Gasteiger partial charge on any atom is -0.472 e. The van der Waals surface area contributed by atoms with E-state index in [4.69, 9.17) is 4.42 Å². The van der Waals surface area contributed by atoms with Crippen molar-refractivity contribution in [1.29, 1.82) is 0 Å². The summed E-state index contributed by atoms with van der Waals surface area (Å²) in [7, 11) is 0. The molecule has 0 unspecified atom stereocenters. The summed E-state index contributed by atoms with van der Waals surface area (Å²) in [5.41, 5.74) is 1.39. The fourth-order valence-corrected chi connectivity index (χ4v) is 3.78. The zero-order valence-electron chi connectivity index (χ0n) is 13.3. The lowest BCUT2D eigenvalue weighted by molar-refractivity contribution is -0.121. The Balaban J connectivity index is 1.44. The van der Waals surface area contributed by atoms with Gasteiger partial charge < -0.3 is 14.6 Å². The molecule has 2 saturated heterocycles. The van der Waals surface area contributed by atoms with Crippen molar-refractivity contribution in [2.45, 2.75) is 30.7 Å². The molecule has 6 nitrogen and oxygen atoms in total. The van der Waals surface area contributed by atoms with Gasteiger partial charge in [-0.3, -0.25) is 14.6 Å². The Labute approximate surface area is 139 Å². The normalized spacial score (nSPS) is 22.6. The maximum absolute atomic E-state index is 12.4. The molecular weight excluding hydrogens is 306 g/mol. The van der Waals surface area contributed by atoms with Crippen LogP contribution in [0, 0.1) is 0 Å². The molecule has 0 saturated carbocycles. The van der Waals surface area contributed by atoms with Crippen molar-refractivity contribution in [1.82, 2.24) is 15.2 Å². The van der Waals surface area contributed by atoms with E-state index in [2.05, 4.69) is 10.3 Å². The van der Waals surface area contributed by atoms with Crippen molar-refractivity contribution in [3.8, 4) is 0 Å². The van der Waals surface area contributed by atoms with Gasteiger partial charge in [0.05, 0.1) is 17.7 Å². The molecule has 4 heterocycles. The Morgan fingerprint density at radius 3 is 2.67 bits per heavy atom. The zero-order chi connectivity index (χ0) is 16.6. The summed E-state index contributed by atoms with van der Waals surface area (Å²) in [6.07, 6.45) is 8.77. The van der Waals surface area contributed by atoms with Gasteiger partial charge in [-0.1, -0.05) is 0 Å². The smallest absolute Gasteiger partial charge is 0.257 e. The molecule has 0 aliphatic carbocycles. The molecule has 0 aromatic carbocycles. The van der Waals surface area contributed by atoms with E-state index < -0.39 is 0 Å². The number of nitrogens with zero attached hydrogens (tertiary/aromatic N) is 2. The van der Waals surface area contributed by atoms with E-state index in [9.17, 15) is 9.59 Å². The van der Waals surface area contributed by atoms with Crippen LogP contribution in [0.1, 0.15) is 41.1 Å². The fraction of sp³-hybridized carbons (Fsp3) is 0.389. The van der Waals surface area contributed by atoms with Gasteiger partial charge in [0.1, 0.15) is 6.26 Å². The van der Waals surface area contributed by atoms with Crippen LogP contribution in [0.15, 0.2) is 47.5 Å². The summed E-state index contributed by atoms with van der Waals surface area (Å²) >= 11 is 0. The summed E-state index contributed by atoms with van der Waals surface area (Å²) < 4.78 is 4.99. The van der Waals surface area contributed by atoms with Gasteiger partial charge in [0, 0.05) is 31.0 Å². The average molecular weight is 325 g/mol. The van der Waals surface area contributed by atoms with Crippen molar-refractivity contribution < 1.29 is 14.0 Å². The van der Waals surface area contributed by atoms with Crippen LogP contribution in [0.5, 0.6) is 0 Å². The van der Waals surface area contributed by atoms with E-state index in [-0.39, 0.29) is 23.3 Å².